The molecule has 0 aliphatic heterocycles. The number of nitrogens with zero attached hydrogens (tertiary/aromatic N) is 2. The van der Waals surface area contributed by atoms with E-state index in [9.17, 15) is 0 Å². The minimum absolute atomic E-state index is 1.08. The Labute approximate surface area is 173 Å². The molecular formula is C26H42N2. The number of hydrogen-bond donors (Lipinski definition) is 0. The van der Waals surface area contributed by atoms with E-state index in [1.165, 1.54) is 94.1 Å². The van der Waals surface area contributed by atoms with Gasteiger partial charge in [0, 0.05) is 19.7 Å². The van der Waals surface area contributed by atoms with Gasteiger partial charge in [0.05, 0.1) is 5.69 Å². The van der Waals surface area contributed by atoms with Crippen molar-refractivity contribution in [1.82, 2.24) is 9.55 Å². The summed E-state index contributed by atoms with van der Waals surface area (Å²) in [7, 11) is 2.15. The second-order valence-electron chi connectivity index (χ2n) is 8.38. The summed E-state index contributed by atoms with van der Waals surface area (Å²) in [5.41, 5.74) is 2.69. The molecular weight excluding hydrogens is 340 g/mol. The third-order valence-corrected chi connectivity index (χ3v) is 5.77. The molecule has 1 aromatic carbocycles. The molecule has 0 spiro atoms. The average Bonchev–Trinajstić information content (AvgIpc) is 3.06. The van der Waals surface area contributed by atoms with Crippen LogP contribution in [0.2, 0.25) is 0 Å². The topological polar surface area (TPSA) is 17.8 Å². The van der Waals surface area contributed by atoms with E-state index >= 15 is 0 Å². The molecule has 28 heavy (non-hydrogen) atoms. The first-order valence-corrected chi connectivity index (χ1v) is 11.8. The fraction of sp³-hybridized carbons (Fsp3) is 0.654. The van der Waals surface area contributed by atoms with Crippen molar-refractivity contribution in [2.24, 2.45) is 7.05 Å². The van der Waals surface area contributed by atoms with E-state index in [2.05, 4.69) is 55.1 Å². The summed E-state index contributed by atoms with van der Waals surface area (Å²) >= 11 is 0. The highest BCUT2D eigenvalue weighted by atomic mass is 15.0. The highest BCUT2D eigenvalue weighted by Crippen LogP contribution is 2.14. The van der Waals surface area contributed by atoms with Gasteiger partial charge in [-0.25, -0.2) is 4.98 Å². The second kappa shape index (κ2) is 14.4. The molecule has 0 saturated heterocycles. The van der Waals surface area contributed by atoms with Crippen LogP contribution in [0.4, 0.5) is 0 Å². The van der Waals surface area contributed by atoms with Crippen LogP contribution in [0.1, 0.15) is 101 Å². The molecule has 1 heterocycles. The van der Waals surface area contributed by atoms with Gasteiger partial charge in [-0.1, -0.05) is 101 Å². The number of aromatic nitrogens is 2. The van der Waals surface area contributed by atoms with Crippen molar-refractivity contribution in [3.05, 3.63) is 53.6 Å². The average molecular weight is 383 g/mol. The molecule has 2 aromatic rings. The zero-order valence-corrected chi connectivity index (χ0v) is 18.5. The zero-order valence-electron chi connectivity index (χ0n) is 18.5. The van der Waals surface area contributed by atoms with Crippen molar-refractivity contribution in [3.63, 3.8) is 0 Å². The normalized spacial score (nSPS) is 11.2. The Morgan fingerprint density at radius 2 is 1.29 bits per heavy atom. The van der Waals surface area contributed by atoms with Crippen LogP contribution < -0.4 is 0 Å². The van der Waals surface area contributed by atoms with Crippen LogP contribution >= 0.6 is 0 Å². The fourth-order valence-electron chi connectivity index (χ4n) is 3.99. The Morgan fingerprint density at radius 1 is 0.679 bits per heavy atom. The molecule has 0 aliphatic rings. The van der Waals surface area contributed by atoms with Gasteiger partial charge in [0.15, 0.2) is 0 Å². The maximum absolute atomic E-state index is 4.89. The largest absolute Gasteiger partial charge is 0.338 e. The molecule has 0 unspecified atom stereocenters. The first-order chi connectivity index (χ1) is 13.8. The van der Waals surface area contributed by atoms with Crippen LogP contribution in [0.25, 0.3) is 0 Å². The molecule has 0 bridgehead atoms. The van der Waals surface area contributed by atoms with Gasteiger partial charge < -0.3 is 4.57 Å². The van der Waals surface area contributed by atoms with E-state index in [-0.39, 0.29) is 0 Å². The molecule has 0 saturated carbocycles. The van der Waals surface area contributed by atoms with Crippen molar-refractivity contribution in [3.8, 4) is 0 Å². The highest BCUT2D eigenvalue weighted by Gasteiger charge is 2.05. The van der Waals surface area contributed by atoms with E-state index in [4.69, 9.17) is 4.98 Å². The Bertz CT molecular complexity index is 615. The standard InChI is InChI=1S/C26H42N2/c1-3-4-5-6-7-8-9-10-11-12-16-22-26-27-25(23-28(26)2)21-17-20-24-18-14-13-15-19-24/h13-15,18-19,23H,3-12,16-17,20-22H2,1-2H3. The first kappa shape index (κ1) is 22.7. The first-order valence-electron chi connectivity index (χ1n) is 11.8. The summed E-state index contributed by atoms with van der Waals surface area (Å²) in [6.45, 7) is 2.29. The lowest BCUT2D eigenvalue weighted by Crippen LogP contribution is -1.97. The quantitative estimate of drug-likeness (QED) is 0.276. The van der Waals surface area contributed by atoms with Crippen LogP contribution in [-0.2, 0) is 26.3 Å². The van der Waals surface area contributed by atoms with Crippen LogP contribution in [-0.4, -0.2) is 9.55 Å². The van der Waals surface area contributed by atoms with E-state index < -0.39 is 0 Å². The maximum atomic E-state index is 4.89. The predicted molar refractivity (Wildman–Crippen MR) is 122 cm³/mol. The lowest BCUT2D eigenvalue weighted by molar-refractivity contribution is 0.546. The minimum Gasteiger partial charge on any atom is -0.338 e. The van der Waals surface area contributed by atoms with Gasteiger partial charge in [-0.2, -0.15) is 0 Å². The van der Waals surface area contributed by atoms with E-state index in [1.807, 2.05) is 0 Å². The minimum atomic E-state index is 1.08. The summed E-state index contributed by atoms with van der Waals surface area (Å²) in [4.78, 5) is 4.89. The number of rotatable bonds is 16. The number of imidazole rings is 1. The predicted octanol–water partition coefficient (Wildman–Crippen LogP) is 7.45. The van der Waals surface area contributed by atoms with Crippen LogP contribution in [0.3, 0.4) is 0 Å². The summed E-state index contributed by atoms with van der Waals surface area (Å²) in [6.07, 6.45) is 22.2. The molecule has 0 fully saturated rings. The smallest absolute Gasteiger partial charge is 0.108 e. The Morgan fingerprint density at radius 3 is 1.93 bits per heavy atom. The number of aryl methyl sites for hydroxylation is 4. The fourth-order valence-corrected chi connectivity index (χ4v) is 3.99. The summed E-state index contributed by atoms with van der Waals surface area (Å²) in [5.74, 6) is 1.27. The third-order valence-electron chi connectivity index (χ3n) is 5.77. The molecule has 2 nitrogen and oxygen atoms in total. The molecule has 1 aromatic heterocycles. The Hall–Kier alpha value is -1.57. The van der Waals surface area contributed by atoms with Gasteiger partial charge in [-0.15, -0.1) is 0 Å². The van der Waals surface area contributed by atoms with E-state index in [0.717, 1.165) is 19.3 Å². The van der Waals surface area contributed by atoms with Crippen molar-refractivity contribution >= 4 is 0 Å². The lowest BCUT2D eigenvalue weighted by Gasteiger charge is -2.03. The van der Waals surface area contributed by atoms with Crippen LogP contribution in [0, 0.1) is 0 Å². The van der Waals surface area contributed by atoms with Crippen LogP contribution in [0.15, 0.2) is 36.5 Å². The lowest BCUT2D eigenvalue weighted by atomic mass is 10.1. The summed E-state index contributed by atoms with van der Waals surface area (Å²) in [5, 5.41) is 0. The number of benzene rings is 1. The molecule has 2 heteroatoms. The monoisotopic (exact) mass is 382 g/mol. The second-order valence-corrected chi connectivity index (χ2v) is 8.38. The van der Waals surface area contributed by atoms with Crippen LogP contribution in [0.5, 0.6) is 0 Å². The molecule has 156 valence electrons. The molecule has 2 rings (SSSR count). The van der Waals surface area contributed by atoms with Gasteiger partial charge in [-0.3, -0.25) is 0 Å². The van der Waals surface area contributed by atoms with Gasteiger partial charge in [0.1, 0.15) is 5.82 Å². The van der Waals surface area contributed by atoms with Gasteiger partial charge in [-0.05, 0) is 31.2 Å². The molecule has 0 radical (unpaired) electrons. The number of hydrogen-bond acceptors (Lipinski definition) is 1. The van der Waals surface area contributed by atoms with Crippen molar-refractivity contribution in [1.29, 1.82) is 0 Å². The number of unbranched alkanes of at least 4 members (excludes halogenated alkanes) is 10. The molecule has 0 amide bonds. The molecule has 0 N–H and O–H groups in total. The molecule has 0 atom stereocenters. The summed E-state index contributed by atoms with van der Waals surface area (Å²) in [6, 6.07) is 10.8. The van der Waals surface area contributed by atoms with Gasteiger partial charge in [0.2, 0.25) is 0 Å². The SMILES string of the molecule is CCCCCCCCCCCCCc1nc(CCCc2ccccc2)cn1C. The van der Waals surface area contributed by atoms with Crippen molar-refractivity contribution < 1.29 is 0 Å². The highest BCUT2D eigenvalue weighted by molar-refractivity contribution is 5.15. The van der Waals surface area contributed by atoms with E-state index in [0.29, 0.717) is 0 Å². The zero-order chi connectivity index (χ0) is 19.9. The van der Waals surface area contributed by atoms with Gasteiger partial charge >= 0.3 is 0 Å². The molecule has 0 aliphatic carbocycles. The Balaban J connectivity index is 1.51. The Kier molecular flexibility index (Phi) is 11.7. The summed E-state index contributed by atoms with van der Waals surface area (Å²) < 4.78 is 2.24. The van der Waals surface area contributed by atoms with E-state index in [1.54, 1.807) is 0 Å². The van der Waals surface area contributed by atoms with Crippen molar-refractivity contribution in [2.45, 2.75) is 103 Å². The van der Waals surface area contributed by atoms with Gasteiger partial charge in [0.25, 0.3) is 0 Å². The van der Waals surface area contributed by atoms with Crippen molar-refractivity contribution in [2.75, 3.05) is 0 Å². The third kappa shape index (κ3) is 9.57. The maximum Gasteiger partial charge on any atom is 0.108 e.